The summed E-state index contributed by atoms with van der Waals surface area (Å²) >= 11 is 6.50. The van der Waals surface area contributed by atoms with Gasteiger partial charge in [-0.25, -0.2) is 9.97 Å². The van der Waals surface area contributed by atoms with Crippen LogP contribution in [0.2, 0.25) is 5.02 Å². The lowest BCUT2D eigenvalue weighted by molar-refractivity contribution is -0.132. The molecule has 1 saturated heterocycles. The van der Waals surface area contributed by atoms with E-state index in [1.165, 1.54) is 0 Å². The lowest BCUT2D eigenvalue weighted by atomic mass is 10.1. The maximum atomic E-state index is 13.1. The van der Waals surface area contributed by atoms with Gasteiger partial charge in [0, 0.05) is 50.1 Å². The van der Waals surface area contributed by atoms with Gasteiger partial charge in [-0.2, -0.15) is 0 Å². The minimum atomic E-state index is 0.167. The van der Waals surface area contributed by atoms with Crippen LogP contribution in [0, 0.1) is 0 Å². The number of furan rings is 1. The van der Waals surface area contributed by atoms with Crippen molar-refractivity contribution in [1.29, 1.82) is 0 Å². The van der Waals surface area contributed by atoms with Gasteiger partial charge in [0.2, 0.25) is 5.91 Å². The highest BCUT2D eigenvalue weighted by atomic mass is 35.5. The Balaban J connectivity index is 1.47. The Morgan fingerprint density at radius 3 is 2.53 bits per heavy atom. The molecule has 1 amide bonds. The highest BCUT2D eigenvalue weighted by molar-refractivity contribution is 6.33. The maximum Gasteiger partial charge on any atom is 0.224 e. The van der Waals surface area contributed by atoms with Crippen molar-refractivity contribution in [1.82, 2.24) is 19.8 Å². The van der Waals surface area contributed by atoms with Gasteiger partial charge in [0.25, 0.3) is 0 Å². The van der Waals surface area contributed by atoms with Gasteiger partial charge >= 0.3 is 0 Å². The maximum absolute atomic E-state index is 13.1. The molecule has 0 radical (unpaired) electrons. The molecule has 0 unspecified atom stereocenters. The minimum absolute atomic E-state index is 0.167. The topological polar surface area (TPSA) is 65.7 Å². The van der Waals surface area contributed by atoms with E-state index in [0.717, 1.165) is 60.8 Å². The third-order valence-electron chi connectivity index (χ3n) is 6.69. The number of aromatic nitrogens is 2. The van der Waals surface area contributed by atoms with E-state index in [4.69, 9.17) is 26.0 Å². The molecular weight excluding hydrogens is 474 g/mol. The first-order chi connectivity index (χ1) is 17.6. The molecule has 3 heterocycles. The van der Waals surface area contributed by atoms with E-state index >= 15 is 0 Å². The van der Waals surface area contributed by atoms with E-state index < -0.39 is 0 Å². The van der Waals surface area contributed by atoms with E-state index in [0.29, 0.717) is 30.4 Å². The molecule has 2 aromatic carbocycles. The largest absolute Gasteiger partial charge is 0.467 e. The fourth-order valence-electron chi connectivity index (χ4n) is 4.62. The SMILES string of the molecule is CCN1CCN(C(=O)CCN(Cc2ccco2)c2nc(-c3ccccc3Cl)nc3ccccc23)CC1. The first kappa shape index (κ1) is 24.3. The number of para-hydroxylation sites is 1. The van der Waals surface area contributed by atoms with Gasteiger partial charge in [0.15, 0.2) is 5.82 Å². The second kappa shape index (κ2) is 11.1. The average Bonchev–Trinajstić information content (AvgIpc) is 3.44. The Labute approximate surface area is 216 Å². The van der Waals surface area contributed by atoms with Gasteiger partial charge in [-0.05, 0) is 42.9 Å². The molecule has 7 nitrogen and oxygen atoms in total. The Kier molecular flexibility index (Phi) is 7.49. The fourth-order valence-corrected chi connectivity index (χ4v) is 4.84. The van der Waals surface area contributed by atoms with E-state index in [-0.39, 0.29) is 5.91 Å². The van der Waals surface area contributed by atoms with Gasteiger partial charge in [0.1, 0.15) is 11.6 Å². The van der Waals surface area contributed by atoms with Crippen LogP contribution < -0.4 is 4.90 Å². The monoisotopic (exact) mass is 503 g/mol. The number of fused-ring (bicyclic) bond motifs is 1. The second-order valence-corrected chi connectivity index (χ2v) is 9.34. The van der Waals surface area contributed by atoms with Crippen LogP contribution in [0.1, 0.15) is 19.1 Å². The van der Waals surface area contributed by atoms with Gasteiger partial charge in [-0.15, -0.1) is 0 Å². The molecule has 5 rings (SSSR count). The van der Waals surface area contributed by atoms with Crippen molar-refractivity contribution in [2.75, 3.05) is 44.2 Å². The molecule has 1 aliphatic heterocycles. The molecule has 186 valence electrons. The van der Waals surface area contributed by atoms with Gasteiger partial charge in [0.05, 0.1) is 23.3 Å². The number of halogens is 1. The highest BCUT2D eigenvalue weighted by Crippen LogP contribution is 2.31. The van der Waals surface area contributed by atoms with Gasteiger partial charge < -0.3 is 19.1 Å². The predicted molar refractivity (Wildman–Crippen MR) is 143 cm³/mol. The van der Waals surface area contributed by atoms with Crippen molar-refractivity contribution in [3.63, 3.8) is 0 Å². The third kappa shape index (κ3) is 5.37. The second-order valence-electron chi connectivity index (χ2n) is 8.93. The molecule has 0 N–H and O–H groups in total. The number of benzene rings is 2. The van der Waals surface area contributed by atoms with Crippen LogP contribution in [0.4, 0.5) is 5.82 Å². The van der Waals surface area contributed by atoms with Crippen LogP contribution in [-0.2, 0) is 11.3 Å². The molecule has 1 aliphatic rings. The van der Waals surface area contributed by atoms with Crippen LogP contribution in [0.25, 0.3) is 22.3 Å². The van der Waals surface area contributed by atoms with Crippen molar-refractivity contribution >= 4 is 34.2 Å². The standard InChI is InChI=1S/C28H30ClN5O2/c1-2-32-15-17-33(18-16-32)26(35)13-14-34(20-21-8-7-19-36-21)28-23-10-4-6-12-25(23)30-27(31-28)22-9-3-5-11-24(22)29/h3-12,19H,2,13-18,20H2,1H3. The smallest absolute Gasteiger partial charge is 0.224 e. The van der Waals surface area contributed by atoms with E-state index in [9.17, 15) is 4.79 Å². The lowest BCUT2D eigenvalue weighted by Gasteiger charge is -2.34. The first-order valence-electron chi connectivity index (χ1n) is 12.4. The Hall–Kier alpha value is -3.42. The minimum Gasteiger partial charge on any atom is -0.467 e. The van der Waals surface area contributed by atoms with E-state index in [1.807, 2.05) is 65.6 Å². The summed E-state index contributed by atoms with van der Waals surface area (Å²) in [6.07, 6.45) is 2.06. The summed E-state index contributed by atoms with van der Waals surface area (Å²) in [5, 5.41) is 1.52. The molecule has 8 heteroatoms. The Morgan fingerprint density at radius 2 is 1.78 bits per heavy atom. The number of piperazine rings is 1. The summed E-state index contributed by atoms with van der Waals surface area (Å²) in [6.45, 7) is 7.59. The summed E-state index contributed by atoms with van der Waals surface area (Å²) in [5.74, 6) is 2.29. The van der Waals surface area contributed by atoms with Crippen molar-refractivity contribution in [3.05, 3.63) is 77.7 Å². The molecule has 0 spiro atoms. The number of rotatable bonds is 8. The van der Waals surface area contributed by atoms with Gasteiger partial charge in [-0.3, -0.25) is 4.79 Å². The van der Waals surface area contributed by atoms with Crippen LogP contribution in [-0.4, -0.2) is 64.9 Å². The number of amides is 1. The van der Waals surface area contributed by atoms with Crippen molar-refractivity contribution in [3.8, 4) is 11.4 Å². The normalized spacial score (nSPS) is 14.3. The molecule has 4 aromatic rings. The van der Waals surface area contributed by atoms with Crippen LogP contribution in [0.5, 0.6) is 0 Å². The van der Waals surface area contributed by atoms with E-state index in [2.05, 4.69) is 16.7 Å². The third-order valence-corrected chi connectivity index (χ3v) is 7.02. The number of nitrogens with zero attached hydrogens (tertiary/aromatic N) is 5. The van der Waals surface area contributed by atoms with Crippen molar-refractivity contribution in [2.45, 2.75) is 19.9 Å². The van der Waals surface area contributed by atoms with Crippen molar-refractivity contribution < 1.29 is 9.21 Å². The van der Waals surface area contributed by atoms with Crippen LogP contribution >= 0.6 is 11.6 Å². The number of anilines is 1. The molecule has 0 aliphatic carbocycles. The molecular formula is C28H30ClN5O2. The zero-order valence-electron chi connectivity index (χ0n) is 20.4. The number of hydrogen-bond donors (Lipinski definition) is 0. The predicted octanol–water partition coefficient (Wildman–Crippen LogP) is 5.10. The fraction of sp³-hybridized carbons (Fsp3) is 0.321. The zero-order valence-corrected chi connectivity index (χ0v) is 21.2. The first-order valence-corrected chi connectivity index (χ1v) is 12.8. The number of carbonyl (C=O) groups excluding carboxylic acids is 1. The summed E-state index contributed by atoms with van der Waals surface area (Å²) in [5.41, 5.74) is 1.60. The summed E-state index contributed by atoms with van der Waals surface area (Å²) in [6, 6.07) is 19.3. The summed E-state index contributed by atoms with van der Waals surface area (Å²) in [4.78, 5) is 29.4. The number of carbonyl (C=O) groups is 1. The van der Waals surface area contributed by atoms with Crippen LogP contribution in [0.3, 0.4) is 0 Å². The Morgan fingerprint density at radius 1 is 1.00 bits per heavy atom. The molecule has 2 aromatic heterocycles. The van der Waals surface area contributed by atoms with Gasteiger partial charge in [-0.1, -0.05) is 42.8 Å². The lowest BCUT2D eigenvalue weighted by Crippen LogP contribution is -2.49. The molecule has 0 bridgehead atoms. The quantitative estimate of drug-likeness (QED) is 0.333. The molecule has 36 heavy (non-hydrogen) atoms. The molecule has 1 fully saturated rings. The highest BCUT2D eigenvalue weighted by Gasteiger charge is 2.23. The molecule has 0 saturated carbocycles. The number of likely N-dealkylation sites (N-methyl/N-ethyl adjacent to an activating group) is 1. The number of hydrogen-bond acceptors (Lipinski definition) is 6. The van der Waals surface area contributed by atoms with Crippen LogP contribution in [0.15, 0.2) is 71.3 Å². The van der Waals surface area contributed by atoms with Crippen molar-refractivity contribution in [2.24, 2.45) is 0 Å². The zero-order chi connectivity index (χ0) is 24.9. The van der Waals surface area contributed by atoms with E-state index in [1.54, 1.807) is 6.26 Å². The molecule has 0 atom stereocenters. The summed E-state index contributed by atoms with van der Waals surface area (Å²) < 4.78 is 5.67. The Bertz CT molecular complexity index is 1320. The summed E-state index contributed by atoms with van der Waals surface area (Å²) in [7, 11) is 0. The average molecular weight is 504 g/mol.